The maximum Gasteiger partial charge on any atom is 0.242 e. The molecule has 7 heteroatoms. The van der Waals surface area contributed by atoms with Crippen LogP contribution in [0.25, 0.3) is 0 Å². The summed E-state index contributed by atoms with van der Waals surface area (Å²) < 4.78 is 0. The Bertz CT molecular complexity index is 970. The highest BCUT2D eigenvalue weighted by Gasteiger charge is 2.22. The van der Waals surface area contributed by atoms with E-state index in [1.165, 1.54) is 11.1 Å². The SMILES string of the molecule is CN=C(NCC(=O)N1CCc2ccccc2C1)NCc1ccc(N2CCCC2=O)cc1. The molecule has 2 amide bonds. The average Bonchev–Trinajstić information content (AvgIpc) is 3.24. The quantitative estimate of drug-likeness (QED) is 0.575. The summed E-state index contributed by atoms with van der Waals surface area (Å²) in [6.45, 7) is 2.99. The van der Waals surface area contributed by atoms with Gasteiger partial charge in [-0.25, -0.2) is 0 Å². The first-order chi connectivity index (χ1) is 15.1. The van der Waals surface area contributed by atoms with Crippen LogP contribution in [0.4, 0.5) is 5.69 Å². The van der Waals surface area contributed by atoms with E-state index >= 15 is 0 Å². The molecule has 2 aromatic carbocycles. The number of nitrogens with one attached hydrogen (secondary N) is 2. The van der Waals surface area contributed by atoms with Gasteiger partial charge in [0.15, 0.2) is 5.96 Å². The summed E-state index contributed by atoms with van der Waals surface area (Å²) >= 11 is 0. The Kier molecular flexibility index (Phi) is 6.50. The first kappa shape index (κ1) is 20.9. The number of carbonyl (C=O) groups is 2. The second-order valence-corrected chi connectivity index (χ2v) is 7.93. The topological polar surface area (TPSA) is 77.0 Å². The summed E-state index contributed by atoms with van der Waals surface area (Å²) in [5.41, 5.74) is 4.58. The third-order valence-corrected chi connectivity index (χ3v) is 5.90. The highest BCUT2D eigenvalue weighted by Crippen LogP contribution is 2.21. The molecule has 0 bridgehead atoms. The number of aliphatic imine (C=N–C) groups is 1. The van der Waals surface area contributed by atoms with Crippen LogP contribution in [0.3, 0.4) is 0 Å². The second kappa shape index (κ2) is 9.64. The molecule has 0 radical (unpaired) electrons. The minimum absolute atomic E-state index is 0.0667. The van der Waals surface area contributed by atoms with E-state index in [4.69, 9.17) is 0 Å². The van der Waals surface area contributed by atoms with Gasteiger partial charge in [-0.1, -0.05) is 36.4 Å². The van der Waals surface area contributed by atoms with E-state index in [1.807, 2.05) is 46.2 Å². The highest BCUT2D eigenvalue weighted by atomic mass is 16.2. The molecular formula is C24H29N5O2. The van der Waals surface area contributed by atoms with Gasteiger partial charge in [0.05, 0.1) is 6.54 Å². The van der Waals surface area contributed by atoms with Gasteiger partial charge in [-0.3, -0.25) is 14.6 Å². The van der Waals surface area contributed by atoms with Crippen molar-refractivity contribution in [2.24, 2.45) is 4.99 Å². The van der Waals surface area contributed by atoms with E-state index in [9.17, 15) is 9.59 Å². The van der Waals surface area contributed by atoms with E-state index in [-0.39, 0.29) is 18.4 Å². The smallest absolute Gasteiger partial charge is 0.242 e. The lowest BCUT2D eigenvalue weighted by atomic mass is 10.00. The molecule has 2 heterocycles. The molecule has 2 N–H and O–H groups in total. The van der Waals surface area contributed by atoms with Crippen LogP contribution in [0.5, 0.6) is 0 Å². The molecule has 2 aliphatic rings. The van der Waals surface area contributed by atoms with Gasteiger partial charge >= 0.3 is 0 Å². The fraction of sp³-hybridized carbons (Fsp3) is 0.375. The van der Waals surface area contributed by atoms with E-state index in [0.29, 0.717) is 25.5 Å². The molecule has 2 aliphatic heterocycles. The van der Waals surface area contributed by atoms with Crippen molar-refractivity contribution >= 4 is 23.5 Å². The second-order valence-electron chi connectivity index (χ2n) is 7.93. The molecular weight excluding hydrogens is 390 g/mol. The van der Waals surface area contributed by atoms with Crippen LogP contribution in [0.2, 0.25) is 0 Å². The van der Waals surface area contributed by atoms with Gasteiger partial charge in [0, 0.05) is 45.3 Å². The molecule has 162 valence electrons. The molecule has 31 heavy (non-hydrogen) atoms. The summed E-state index contributed by atoms with van der Waals surface area (Å²) in [6, 6.07) is 16.3. The highest BCUT2D eigenvalue weighted by molar-refractivity contribution is 5.95. The Hall–Kier alpha value is -3.35. The number of benzene rings is 2. The molecule has 0 atom stereocenters. The zero-order chi connectivity index (χ0) is 21.6. The number of anilines is 1. The van der Waals surface area contributed by atoms with Crippen LogP contribution in [0.15, 0.2) is 53.5 Å². The summed E-state index contributed by atoms with van der Waals surface area (Å²) in [5, 5.41) is 6.36. The monoisotopic (exact) mass is 419 g/mol. The van der Waals surface area contributed by atoms with Crippen LogP contribution in [0, 0.1) is 0 Å². The fourth-order valence-electron chi connectivity index (χ4n) is 4.10. The molecule has 0 unspecified atom stereocenters. The predicted molar refractivity (Wildman–Crippen MR) is 122 cm³/mol. The van der Waals surface area contributed by atoms with Crippen molar-refractivity contribution < 1.29 is 9.59 Å². The Morgan fingerprint density at radius 2 is 1.77 bits per heavy atom. The zero-order valence-corrected chi connectivity index (χ0v) is 17.9. The lowest BCUT2D eigenvalue weighted by Crippen LogP contribution is -2.45. The third kappa shape index (κ3) is 5.05. The lowest BCUT2D eigenvalue weighted by Gasteiger charge is -2.29. The van der Waals surface area contributed by atoms with Crippen LogP contribution < -0.4 is 15.5 Å². The summed E-state index contributed by atoms with van der Waals surface area (Å²) in [5.74, 6) is 0.846. The van der Waals surface area contributed by atoms with Gasteiger partial charge in [-0.2, -0.15) is 0 Å². The molecule has 0 aliphatic carbocycles. The summed E-state index contributed by atoms with van der Waals surface area (Å²) in [6.07, 6.45) is 2.45. The van der Waals surface area contributed by atoms with Crippen LogP contribution in [-0.2, 0) is 29.1 Å². The lowest BCUT2D eigenvalue weighted by molar-refractivity contribution is -0.130. The zero-order valence-electron chi connectivity index (χ0n) is 17.9. The largest absolute Gasteiger partial charge is 0.352 e. The first-order valence-corrected chi connectivity index (χ1v) is 10.8. The molecule has 1 saturated heterocycles. The van der Waals surface area contributed by atoms with E-state index < -0.39 is 0 Å². The van der Waals surface area contributed by atoms with Crippen LogP contribution >= 0.6 is 0 Å². The number of carbonyl (C=O) groups excluding carboxylic acids is 2. The summed E-state index contributed by atoms with van der Waals surface area (Å²) in [4.78, 5) is 32.5. The van der Waals surface area contributed by atoms with Gasteiger partial charge in [0.25, 0.3) is 0 Å². The minimum Gasteiger partial charge on any atom is -0.352 e. The maximum absolute atomic E-state index is 12.6. The number of guanidine groups is 1. The van der Waals surface area contributed by atoms with Gasteiger partial charge in [0.1, 0.15) is 0 Å². The standard InChI is InChI=1S/C24H29N5O2/c1-25-24(26-15-18-8-10-21(11-9-18)29-13-4-7-22(29)30)27-16-23(31)28-14-12-19-5-2-3-6-20(19)17-28/h2-3,5-6,8-11H,4,7,12-17H2,1H3,(H2,25,26,27). The Morgan fingerprint density at radius 3 is 2.48 bits per heavy atom. The van der Waals surface area contributed by atoms with Crippen LogP contribution in [-0.4, -0.2) is 49.4 Å². The van der Waals surface area contributed by atoms with E-state index in [0.717, 1.165) is 37.2 Å². The number of fused-ring (bicyclic) bond motifs is 1. The van der Waals surface area contributed by atoms with Crippen molar-refractivity contribution in [3.05, 3.63) is 65.2 Å². The Balaban J connectivity index is 1.24. The number of nitrogens with zero attached hydrogens (tertiary/aromatic N) is 3. The average molecular weight is 420 g/mol. The number of amides is 2. The van der Waals surface area contributed by atoms with Crippen molar-refractivity contribution in [2.75, 3.05) is 31.6 Å². The molecule has 7 nitrogen and oxygen atoms in total. The first-order valence-electron chi connectivity index (χ1n) is 10.8. The molecule has 2 aromatic rings. The van der Waals surface area contributed by atoms with Crippen molar-refractivity contribution in [3.8, 4) is 0 Å². The molecule has 4 rings (SSSR count). The van der Waals surface area contributed by atoms with Crippen molar-refractivity contribution in [1.82, 2.24) is 15.5 Å². The van der Waals surface area contributed by atoms with Crippen molar-refractivity contribution in [2.45, 2.75) is 32.4 Å². The molecule has 0 aromatic heterocycles. The predicted octanol–water partition coefficient (Wildman–Crippen LogP) is 2.06. The number of rotatable bonds is 5. The van der Waals surface area contributed by atoms with Crippen LogP contribution in [0.1, 0.15) is 29.5 Å². The van der Waals surface area contributed by atoms with Crippen molar-refractivity contribution in [1.29, 1.82) is 0 Å². The normalized spacial score (nSPS) is 16.3. The molecule has 0 spiro atoms. The molecule has 0 saturated carbocycles. The fourth-order valence-corrected chi connectivity index (χ4v) is 4.10. The Morgan fingerprint density at radius 1 is 1.00 bits per heavy atom. The van der Waals surface area contributed by atoms with Crippen molar-refractivity contribution in [3.63, 3.8) is 0 Å². The van der Waals surface area contributed by atoms with E-state index in [2.05, 4.69) is 27.8 Å². The van der Waals surface area contributed by atoms with E-state index in [1.54, 1.807) is 7.05 Å². The number of hydrogen-bond donors (Lipinski definition) is 2. The van der Waals surface area contributed by atoms with Gasteiger partial charge in [0.2, 0.25) is 11.8 Å². The number of hydrogen-bond acceptors (Lipinski definition) is 3. The summed E-state index contributed by atoms with van der Waals surface area (Å²) in [7, 11) is 1.69. The Labute approximate surface area is 183 Å². The van der Waals surface area contributed by atoms with Gasteiger partial charge in [-0.15, -0.1) is 0 Å². The minimum atomic E-state index is 0.0667. The maximum atomic E-state index is 12.6. The van der Waals surface area contributed by atoms with Gasteiger partial charge < -0.3 is 20.4 Å². The third-order valence-electron chi connectivity index (χ3n) is 5.90. The van der Waals surface area contributed by atoms with Gasteiger partial charge in [-0.05, 0) is 41.7 Å². The molecule has 1 fully saturated rings.